The fourth-order valence-corrected chi connectivity index (χ4v) is 3.22. The molecule has 3 rings (SSSR count). The first-order valence-corrected chi connectivity index (χ1v) is 9.28. The summed E-state index contributed by atoms with van der Waals surface area (Å²) >= 11 is 3.40. The number of hydrogen-bond acceptors (Lipinski definition) is 4. The predicted molar refractivity (Wildman–Crippen MR) is 95.3 cm³/mol. The van der Waals surface area contributed by atoms with Crippen molar-refractivity contribution in [1.82, 2.24) is 25.5 Å². The Hall–Kier alpha value is -1.76. The fraction of sp³-hybridized carbons (Fsp3) is 0.529. The highest BCUT2D eigenvalue weighted by molar-refractivity contribution is 9.10. The van der Waals surface area contributed by atoms with Gasteiger partial charge in [-0.25, -0.2) is 0 Å². The van der Waals surface area contributed by atoms with Gasteiger partial charge in [-0.3, -0.25) is 4.79 Å². The van der Waals surface area contributed by atoms with Gasteiger partial charge in [0.1, 0.15) is 6.04 Å². The van der Waals surface area contributed by atoms with Gasteiger partial charge >= 0.3 is 0 Å². The number of rotatable bonds is 4. The minimum absolute atomic E-state index is 0.0401. The molecule has 24 heavy (non-hydrogen) atoms. The summed E-state index contributed by atoms with van der Waals surface area (Å²) in [4.78, 5) is 13.9. The van der Waals surface area contributed by atoms with Gasteiger partial charge in [0.05, 0.1) is 0 Å². The molecule has 1 saturated carbocycles. The predicted octanol–water partition coefficient (Wildman–Crippen LogP) is 3.50. The van der Waals surface area contributed by atoms with E-state index in [-0.39, 0.29) is 11.9 Å². The number of nitrogens with zero attached hydrogens (tertiary/aromatic N) is 4. The SMILES string of the molecule is CC(C(=O)NC1CCCCCC1)n1nnc(-c2ccc(Br)cc2)n1. The molecule has 1 unspecified atom stereocenters. The summed E-state index contributed by atoms with van der Waals surface area (Å²) in [6.45, 7) is 1.80. The van der Waals surface area contributed by atoms with E-state index in [2.05, 4.69) is 36.7 Å². The minimum Gasteiger partial charge on any atom is -0.351 e. The highest BCUT2D eigenvalue weighted by Crippen LogP contribution is 2.19. The Morgan fingerprint density at radius 2 is 1.88 bits per heavy atom. The van der Waals surface area contributed by atoms with Crippen LogP contribution in [0.15, 0.2) is 28.7 Å². The first-order chi connectivity index (χ1) is 11.6. The Labute approximate surface area is 150 Å². The lowest BCUT2D eigenvalue weighted by Gasteiger charge is -2.18. The van der Waals surface area contributed by atoms with Crippen LogP contribution in [0.5, 0.6) is 0 Å². The Morgan fingerprint density at radius 1 is 1.21 bits per heavy atom. The number of carbonyl (C=O) groups is 1. The van der Waals surface area contributed by atoms with Crippen LogP contribution in [-0.2, 0) is 4.79 Å². The number of tetrazole rings is 1. The average Bonchev–Trinajstić information content (AvgIpc) is 2.93. The summed E-state index contributed by atoms with van der Waals surface area (Å²) in [5.74, 6) is 0.485. The molecule has 1 fully saturated rings. The molecule has 0 radical (unpaired) electrons. The second-order valence-corrected chi connectivity index (χ2v) is 7.23. The Morgan fingerprint density at radius 3 is 2.54 bits per heavy atom. The number of nitrogens with one attached hydrogen (secondary N) is 1. The largest absolute Gasteiger partial charge is 0.351 e. The third-order valence-corrected chi connectivity index (χ3v) is 4.99. The lowest BCUT2D eigenvalue weighted by atomic mass is 10.1. The highest BCUT2D eigenvalue weighted by atomic mass is 79.9. The zero-order valence-corrected chi connectivity index (χ0v) is 15.4. The van der Waals surface area contributed by atoms with Crippen LogP contribution in [0.2, 0.25) is 0 Å². The molecule has 1 aromatic heterocycles. The second kappa shape index (κ2) is 7.88. The lowest BCUT2D eigenvalue weighted by molar-refractivity contribution is -0.125. The summed E-state index contributed by atoms with van der Waals surface area (Å²) in [5.41, 5.74) is 0.876. The van der Waals surface area contributed by atoms with Crippen molar-refractivity contribution in [3.63, 3.8) is 0 Å². The molecule has 7 heteroatoms. The molecule has 0 saturated heterocycles. The summed E-state index contributed by atoms with van der Waals surface area (Å²) in [7, 11) is 0. The smallest absolute Gasteiger partial charge is 0.246 e. The van der Waals surface area contributed by atoms with Crippen molar-refractivity contribution in [2.45, 2.75) is 57.5 Å². The van der Waals surface area contributed by atoms with E-state index in [1.807, 2.05) is 24.3 Å². The van der Waals surface area contributed by atoms with Gasteiger partial charge in [-0.1, -0.05) is 41.6 Å². The van der Waals surface area contributed by atoms with Crippen LogP contribution in [0.25, 0.3) is 11.4 Å². The van der Waals surface area contributed by atoms with Crippen molar-refractivity contribution in [1.29, 1.82) is 0 Å². The molecule has 1 amide bonds. The highest BCUT2D eigenvalue weighted by Gasteiger charge is 2.22. The normalized spacial score (nSPS) is 17.2. The summed E-state index contributed by atoms with van der Waals surface area (Å²) in [6.07, 6.45) is 7.04. The Bertz CT molecular complexity index is 677. The van der Waals surface area contributed by atoms with Gasteiger partial charge in [0.2, 0.25) is 11.7 Å². The van der Waals surface area contributed by atoms with Crippen molar-refractivity contribution in [2.24, 2.45) is 0 Å². The van der Waals surface area contributed by atoms with Crippen LogP contribution in [0, 0.1) is 0 Å². The van der Waals surface area contributed by atoms with Gasteiger partial charge in [-0.15, -0.1) is 10.2 Å². The van der Waals surface area contributed by atoms with Crippen molar-refractivity contribution in [3.05, 3.63) is 28.7 Å². The molecule has 1 atom stereocenters. The molecule has 1 N–H and O–H groups in total. The molecule has 128 valence electrons. The van der Waals surface area contributed by atoms with Gasteiger partial charge in [0, 0.05) is 16.1 Å². The van der Waals surface area contributed by atoms with Gasteiger partial charge in [0.25, 0.3) is 0 Å². The number of aromatic nitrogens is 4. The lowest BCUT2D eigenvalue weighted by Crippen LogP contribution is -2.39. The van der Waals surface area contributed by atoms with Crippen LogP contribution in [0.3, 0.4) is 0 Å². The van der Waals surface area contributed by atoms with E-state index in [4.69, 9.17) is 0 Å². The van der Waals surface area contributed by atoms with Crippen LogP contribution in [-0.4, -0.2) is 32.2 Å². The van der Waals surface area contributed by atoms with E-state index >= 15 is 0 Å². The monoisotopic (exact) mass is 391 g/mol. The first-order valence-electron chi connectivity index (χ1n) is 8.49. The third-order valence-electron chi connectivity index (χ3n) is 4.46. The van der Waals surface area contributed by atoms with Crippen LogP contribution >= 0.6 is 15.9 Å². The number of hydrogen-bond donors (Lipinski definition) is 1. The van der Waals surface area contributed by atoms with E-state index in [1.165, 1.54) is 30.5 Å². The summed E-state index contributed by atoms with van der Waals surface area (Å²) < 4.78 is 0.995. The maximum absolute atomic E-state index is 12.5. The minimum atomic E-state index is -0.468. The molecule has 0 spiro atoms. The number of amides is 1. The standard InChI is InChI=1S/C17H22BrN5O/c1-12(17(24)19-15-6-4-2-3-5-7-15)23-21-16(20-22-23)13-8-10-14(18)11-9-13/h8-12,15H,2-7H2,1H3,(H,19,24). The van der Waals surface area contributed by atoms with Gasteiger partial charge in [-0.05, 0) is 49.2 Å². The molecule has 1 aliphatic rings. The molecular formula is C17H22BrN5O. The quantitative estimate of drug-likeness (QED) is 0.809. The molecule has 6 nitrogen and oxygen atoms in total. The van der Waals surface area contributed by atoms with E-state index in [1.54, 1.807) is 6.92 Å². The number of halogens is 1. The van der Waals surface area contributed by atoms with Gasteiger partial charge in [-0.2, -0.15) is 4.80 Å². The zero-order valence-electron chi connectivity index (χ0n) is 13.8. The maximum Gasteiger partial charge on any atom is 0.246 e. The van der Waals surface area contributed by atoms with Crippen molar-refractivity contribution >= 4 is 21.8 Å². The van der Waals surface area contributed by atoms with Gasteiger partial charge < -0.3 is 5.32 Å². The molecule has 2 aromatic rings. The summed E-state index contributed by atoms with van der Waals surface area (Å²) in [6, 6.07) is 7.50. The Balaban J connectivity index is 1.65. The van der Waals surface area contributed by atoms with Crippen LogP contribution in [0.4, 0.5) is 0 Å². The molecule has 0 aliphatic heterocycles. The topological polar surface area (TPSA) is 72.7 Å². The second-order valence-electron chi connectivity index (χ2n) is 6.31. The van der Waals surface area contributed by atoms with Crippen LogP contribution < -0.4 is 5.32 Å². The van der Waals surface area contributed by atoms with Gasteiger partial charge in [0.15, 0.2) is 0 Å². The summed E-state index contributed by atoms with van der Waals surface area (Å²) in [5, 5.41) is 15.6. The third kappa shape index (κ3) is 4.20. The number of carbonyl (C=O) groups excluding carboxylic acids is 1. The molecule has 0 bridgehead atoms. The van der Waals surface area contributed by atoms with Crippen molar-refractivity contribution in [2.75, 3.05) is 0 Å². The molecule has 1 aliphatic carbocycles. The molecular weight excluding hydrogens is 370 g/mol. The zero-order chi connectivity index (χ0) is 16.9. The maximum atomic E-state index is 12.5. The average molecular weight is 392 g/mol. The van der Waals surface area contributed by atoms with E-state index in [0.717, 1.165) is 22.9 Å². The van der Waals surface area contributed by atoms with Crippen molar-refractivity contribution in [3.8, 4) is 11.4 Å². The molecule has 1 aromatic carbocycles. The van der Waals surface area contributed by atoms with Crippen molar-refractivity contribution < 1.29 is 4.79 Å². The number of benzene rings is 1. The molecule has 1 heterocycles. The first kappa shape index (κ1) is 17.1. The van der Waals surface area contributed by atoms with E-state index in [9.17, 15) is 4.79 Å². The van der Waals surface area contributed by atoms with E-state index < -0.39 is 6.04 Å². The fourth-order valence-electron chi connectivity index (χ4n) is 2.95. The Kier molecular flexibility index (Phi) is 5.60. The van der Waals surface area contributed by atoms with Crippen LogP contribution in [0.1, 0.15) is 51.5 Å². The van der Waals surface area contributed by atoms with E-state index in [0.29, 0.717) is 5.82 Å².